The zero-order chi connectivity index (χ0) is 17.1. The van der Waals surface area contributed by atoms with Crippen LogP contribution < -0.4 is 0 Å². The molecule has 5 heteroatoms. The van der Waals surface area contributed by atoms with Gasteiger partial charge in [-0.05, 0) is 29.7 Å². The van der Waals surface area contributed by atoms with Gasteiger partial charge in [-0.25, -0.2) is 4.98 Å². The Morgan fingerprint density at radius 3 is 2.80 bits per heavy atom. The summed E-state index contributed by atoms with van der Waals surface area (Å²) in [6.07, 6.45) is 5.02. The van der Waals surface area contributed by atoms with Crippen LogP contribution in [0.5, 0.6) is 0 Å². The average molecular weight is 350 g/mol. The number of rotatable bonds is 4. The molecular formula is C20H18N2O2S. The minimum atomic E-state index is 0.125. The monoisotopic (exact) mass is 350 g/mol. The Balaban J connectivity index is 1.39. The van der Waals surface area contributed by atoms with Crippen LogP contribution in [0.3, 0.4) is 0 Å². The first-order chi connectivity index (χ1) is 12.3. The zero-order valence-corrected chi connectivity index (χ0v) is 14.5. The molecule has 4 nitrogen and oxygen atoms in total. The molecule has 4 rings (SSSR count). The van der Waals surface area contributed by atoms with Crippen molar-refractivity contribution in [3.05, 3.63) is 71.4 Å². The average Bonchev–Trinajstić information content (AvgIpc) is 3.34. The molecule has 3 aromatic rings. The van der Waals surface area contributed by atoms with Crippen LogP contribution in [0.1, 0.15) is 17.7 Å². The van der Waals surface area contributed by atoms with E-state index in [9.17, 15) is 4.79 Å². The molecule has 0 spiro atoms. The Hall–Kier alpha value is -2.66. The van der Waals surface area contributed by atoms with E-state index in [-0.39, 0.29) is 5.91 Å². The molecule has 0 aliphatic carbocycles. The molecule has 0 atom stereocenters. The fourth-order valence-corrected chi connectivity index (χ4v) is 3.76. The van der Waals surface area contributed by atoms with Crippen molar-refractivity contribution in [3.63, 3.8) is 0 Å². The smallest absolute Gasteiger partial charge is 0.228 e. The molecule has 0 saturated carbocycles. The van der Waals surface area contributed by atoms with Gasteiger partial charge in [0.2, 0.25) is 5.91 Å². The van der Waals surface area contributed by atoms with Gasteiger partial charge in [0.05, 0.1) is 18.4 Å². The van der Waals surface area contributed by atoms with E-state index in [1.54, 1.807) is 6.26 Å². The van der Waals surface area contributed by atoms with Crippen LogP contribution in [-0.2, 0) is 11.2 Å². The molecule has 25 heavy (non-hydrogen) atoms. The van der Waals surface area contributed by atoms with Crippen molar-refractivity contribution in [2.45, 2.75) is 12.8 Å². The molecule has 0 N–H and O–H groups in total. The van der Waals surface area contributed by atoms with Gasteiger partial charge in [0.25, 0.3) is 0 Å². The molecule has 0 bridgehead atoms. The maximum absolute atomic E-state index is 12.5. The van der Waals surface area contributed by atoms with E-state index in [1.807, 2.05) is 40.6 Å². The lowest BCUT2D eigenvalue weighted by Gasteiger charge is -2.26. The number of nitrogens with zero attached hydrogens (tertiary/aromatic N) is 2. The van der Waals surface area contributed by atoms with Crippen molar-refractivity contribution in [1.29, 1.82) is 0 Å². The summed E-state index contributed by atoms with van der Waals surface area (Å²) in [4.78, 5) is 19.0. The van der Waals surface area contributed by atoms with Crippen LogP contribution >= 0.6 is 11.3 Å². The van der Waals surface area contributed by atoms with Crippen LogP contribution in [0.4, 0.5) is 0 Å². The molecular weight excluding hydrogens is 332 g/mol. The minimum Gasteiger partial charge on any atom is -0.462 e. The maximum Gasteiger partial charge on any atom is 0.228 e. The van der Waals surface area contributed by atoms with Crippen LogP contribution in [0.15, 0.2) is 64.6 Å². The topological polar surface area (TPSA) is 46.3 Å². The number of furan rings is 1. The van der Waals surface area contributed by atoms with Crippen LogP contribution in [0.25, 0.3) is 16.3 Å². The molecule has 2 aromatic heterocycles. The fraction of sp³-hybridized carbons (Fsp3) is 0.200. The van der Waals surface area contributed by atoms with E-state index in [2.05, 4.69) is 23.2 Å². The summed E-state index contributed by atoms with van der Waals surface area (Å²) >= 11 is 1.51. The Bertz CT molecular complexity index is 882. The number of benzene rings is 1. The summed E-state index contributed by atoms with van der Waals surface area (Å²) in [5, 5.41) is 2.75. The van der Waals surface area contributed by atoms with E-state index >= 15 is 0 Å². The van der Waals surface area contributed by atoms with Gasteiger partial charge in [0.1, 0.15) is 0 Å². The Morgan fingerprint density at radius 1 is 1.20 bits per heavy atom. The molecule has 1 aromatic carbocycles. The van der Waals surface area contributed by atoms with Crippen molar-refractivity contribution in [1.82, 2.24) is 9.88 Å². The molecule has 0 unspecified atom stereocenters. The molecule has 0 radical (unpaired) electrons. The highest BCUT2D eigenvalue weighted by Crippen LogP contribution is 2.25. The predicted octanol–water partition coefficient (Wildman–Crippen LogP) is 4.26. The summed E-state index contributed by atoms with van der Waals surface area (Å²) in [7, 11) is 0. The standard InChI is InChI=1S/C20H18N2O2S/c23-19(13-17-14-25-20(21-17)18-7-4-12-24-18)22-10-8-16(9-11-22)15-5-2-1-3-6-15/h1-8,12,14H,9-11,13H2. The zero-order valence-electron chi connectivity index (χ0n) is 13.7. The van der Waals surface area contributed by atoms with Crippen LogP contribution in [0.2, 0.25) is 0 Å². The van der Waals surface area contributed by atoms with Crippen molar-refractivity contribution < 1.29 is 9.21 Å². The van der Waals surface area contributed by atoms with Gasteiger partial charge in [-0.3, -0.25) is 4.79 Å². The molecule has 1 amide bonds. The number of hydrogen-bond acceptors (Lipinski definition) is 4. The largest absolute Gasteiger partial charge is 0.462 e. The predicted molar refractivity (Wildman–Crippen MR) is 99.1 cm³/mol. The Kier molecular flexibility index (Phi) is 4.48. The van der Waals surface area contributed by atoms with Gasteiger partial charge in [0.15, 0.2) is 10.8 Å². The first kappa shape index (κ1) is 15.8. The van der Waals surface area contributed by atoms with E-state index in [0.717, 1.165) is 29.4 Å². The Morgan fingerprint density at radius 2 is 2.08 bits per heavy atom. The first-order valence-electron chi connectivity index (χ1n) is 8.30. The van der Waals surface area contributed by atoms with Gasteiger partial charge in [-0.1, -0.05) is 36.4 Å². The number of thiazole rings is 1. The number of carbonyl (C=O) groups excluding carboxylic acids is 1. The summed E-state index contributed by atoms with van der Waals surface area (Å²) < 4.78 is 5.35. The fourth-order valence-electron chi connectivity index (χ4n) is 2.98. The Labute approximate surface area is 150 Å². The van der Waals surface area contributed by atoms with Gasteiger partial charge in [-0.15, -0.1) is 11.3 Å². The highest BCUT2D eigenvalue weighted by atomic mass is 32.1. The molecule has 0 fully saturated rings. The third-order valence-corrected chi connectivity index (χ3v) is 5.23. The molecule has 126 valence electrons. The number of aromatic nitrogens is 1. The highest BCUT2D eigenvalue weighted by molar-refractivity contribution is 7.13. The summed E-state index contributed by atoms with van der Waals surface area (Å²) in [6.45, 7) is 1.42. The van der Waals surface area contributed by atoms with Gasteiger partial charge in [0, 0.05) is 18.5 Å². The van der Waals surface area contributed by atoms with Gasteiger partial charge < -0.3 is 9.32 Å². The van der Waals surface area contributed by atoms with Gasteiger partial charge >= 0.3 is 0 Å². The SMILES string of the molecule is O=C(Cc1csc(-c2ccco2)n1)N1CC=C(c2ccccc2)CC1. The third-order valence-electron chi connectivity index (χ3n) is 4.32. The maximum atomic E-state index is 12.5. The second-order valence-electron chi connectivity index (χ2n) is 5.98. The van der Waals surface area contributed by atoms with E-state index in [1.165, 1.54) is 22.5 Å². The molecule has 0 saturated heterocycles. The summed E-state index contributed by atoms with van der Waals surface area (Å²) in [5.41, 5.74) is 3.37. The van der Waals surface area contributed by atoms with E-state index < -0.39 is 0 Å². The second-order valence-corrected chi connectivity index (χ2v) is 6.84. The lowest BCUT2D eigenvalue weighted by molar-refractivity contribution is -0.130. The van der Waals surface area contributed by atoms with Gasteiger partial charge in [-0.2, -0.15) is 0 Å². The first-order valence-corrected chi connectivity index (χ1v) is 9.18. The highest BCUT2D eigenvalue weighted by Gasteiger charge is 2.19. The lowest BCUT2D eigenvalue weighted by Crippen LogP contribution is -2.35. The van der Waals surface area contributed by atoms with E-state index in [4.69, 9.17) is 4.42 Å². The van der Waals surface area contributed by atoms with Crippen LogP contribution in [0, 0.1) is 0 Å². The number of amides is 1. The second kappa shape index (κ2) is 7.07. The summed E-state index contributed by atoms with van der Waals surface area (Å²) in [6, 6.07) is 14.1. The van der Waals surface area contributed by atoms with Crippen molar-refractivity contribution in [2.24, 2.45) is 0 Å². The quantitative estimate of drug-likeness (QED) is 0.706. The molecule has 3 heterocycles. The molecule has 1 aliphatic heterocycles. The normalized spacial score (nSPS) is 14.4. The van der Waals surface area contributed by atoms with Crippen molar-refractivity contribution in [3.8, 4) is 10.8 Å². The number of hydrogen-bond donors (Lipinski definition) is 0. The third kappa shape index (κ3) is 3.56. The van der Waals surface area contributed by atoms with Crippen LogP contribution in [-0.4, -0.2) is 28.9 Å². The van der Waals surface area contributed by atoms with E-state index in [0.29, 0.717) is 13.0 Å². The number of carbonyl (C=O) groups is 1. The molecule has 1 aliphatic rings. The summed E-state index contributed by atoms with van der Waals surface area (Å²) in [5.74, 6) is 0.872. The van der Waals surface area contributed by atoms with Crippen molar-refractivity contribution >= 4 is 22.8 Å². The van der Waals surface area contributed by atoms with Crippen molar-refractivity contribution in [2.75, 3.05) is 13.1 Å². The lowest BCUT2D eigenvalue weighted by atomic mass is 9.99. The minimum absolute atomic E-state index is 0.125.